The van der Waals surface area contributed by atoms with E-state index in [1.165, 1.54) is 0 Å². The van der Waals surface area contributed by atoms with Crippen molar-refractivity contribution in [2.75, 3.05) is 13.2 Å². The predicted octanol–water partition coefficient (Wildman–Crippen LogP) is 3.43. The van der Waals surface area contributed by atoms with Crippen LogP contribution in [0.4, 0.5) is 0 Å². The van der Waals surface area contributed by atoms with Gasteiger partial charge in [-0.25, -0.2) is 4.79 Å². The minimum atomic E-state index is -0.378. The Bertz CT molecular complexity index is 985. The molecule has 2 aliphatic heterocycles. The SMILES string of the molecule is Cc1c(CCC(=O)NC[C@H]2CCCO2)c(=O)oc2cc3c(cc12)CCC(C)(C)O3. The van der Waals surface area contributed by atoms with Crippen LogP contribution >= 0.6 is 0 Å². The summed E-state index contributed by atoms with van der Waals surface area (Å²) in [4.78, 5) is 24.8. The first-order chi connectivity index (χ1) is 13.8. The third-order valence-electron chi connectivity index (χ3n) is 6.00. The molecular formula is C23H29NO5. The highest BCUT2D eigenvalue weighted by atomic mass is 16.5. The van der Waals surface area contributed by atoms with E-state index >= 15 is 0 Å². The number of carbonyl (C=O) groups excluding carboxylic acids is 1. The summed E-state index contributed by atoms with van der Waals surface area (Å²) in [5, 5.41) is 3.82. The predicted molar refractivity (Wildman–Crippen MR) is 111 cm³/mol. The van der Waals surface area contributed by atoms with E-state index in [1.54, 1.807) is 0 Å². The van der Waals surface area contributed by atoms with E-state index < -0.39 is 0 Å². The second-order valence-electron chi connectivity index (χ2n) is 8.75. The van der Waals surface area contributed by atoms with Crippen molar-refractivity contribution in [1.29, 1.82) is 0 Å². The number of hydrogen-bond donors (Lipinski definition) is 1. The number of carbonyl (C=O) groups is 1. The first-order valence-electron chi connectivity index (χ1n) is 10.5. The van der Waals surface area contributed by atoms with E-state index in [9.17, 15) is 9.59 Å². The van der Waals surface area contributed by atoms with Gasteiger partial charge in [-0.15, -0.1) is 0 Å². The molecule has 2 aliphatic rings. The van der Waals surface area contributed by atoms with Gasteiger partial charge in [0, 0.05) is 36.6 Å². The number of amides is 1. The maximum atomic E-state index is 12.6. The molecule has 0 unspecified atom stereocenters. The standard InChI is InChI=1S/C23H29NO5/c1-14-17(6-7-21(25)24-13-16-5-4-10-27-16)22(26)28-20-12-19-15(11-18(14)20)8-9-23(2,3)29-19/h11-12,16H,4-10,13H2,1-3H3,(H,24,25)/t16-/m1/s1. The van der Waals surface area contributed by atoms with Gasteiger partial charge in [-0.05, 0) is 70.1 Å². The van der Waals surface area contributed by atoms with Gasteiger partial charge in [0.05, 0.1) is 6.10 Å². The molecule has 0 saturated carbocycles. The Morgan fingerprint density at radius 2 is 2.14 bits per heavy atom. The van der Waals surface area contributed by atoms with Gasteiger partial charge in [0.15, 0.2) is 0 Å². The third-order valence-corrected chi connectivity index (χ3v) is 6.00. The molecule has 1 atom stereocenters. The van der Waals surface area contributed by atoms with Crippen LogP contribution in [0.1, 0.15) is 56.2 Å². The Labute approximate surface area is 170 Å². The Morgan fingerprint density at radius 1 is 1.31 bits per heavy atom. The molecular weight excluding hydrogens is 370 g/mol. The van der Waals surface area contributed by atoms with Crippen LogP contribution in [0.3, 0.4) is 0 Å². The summed E-state index contributed by atoms with van der Waals surface area (Å²) in [5.74, 6) is 0.720. The third kappa shape index (κ3) is 4.32. The van der Waals surface area contributed by atoms with Crippen molar-refractivity contribution in [2.24, 2.45) is 0 Å². The molecule has 0 bridgehead atoms. The normalized spacial score (nSPS) is 20.3. The molecule has 1 saturated heterocycles. The summed E-state index contributed by atoms with van der Waals surface area (Å²) in [5.41, 5.74) is 2.53. The molecule has 6 nitrogen and oxygen atoms in total. The number of ether oxygens (including phenoxy) is 2. The Kier molecular flexibility index (Phi) is 5.38. The van der Waals surface area contributed by atoms with E-state index in [2.05, 4.69) is 25.2 Å². The molecule has 2 aromatic rings. The molecule has 1 N–H and O–H groups in total. The number of hydrogen-bond acceptors (Lipinski definition) is 5. The van der Waals surface area contributed by atoms with Gasteiger partial charge in [-0.2, -0.15) is 0 Å². The average Bonchev–Trinajstić information content (AvgIpc) is 3.18. The van der Waals surface area contributed by atoms with Crippen molar-refractivity contribution >= 4 is 16.9 Å². The highest BCUT2D eigenvalue weighted by Crippen LogP contribution is 2.36. The molecule has 0 radical (unpaired) electrons. The number of fused-ring (bicyclic) bond motifs is 2. The highest BCUT2D eigenvalue weighted by molar-refractivity contribution is 5.84. The smallest absolute Gasteiger partial charge is 0.339 e. The van der Waals surface area contributed by atoms with Crippen LogP contribution in [0.5, 0.6) is 5.75 Å². The van der Waals surface area contributed by atoms with Crippen molar-refractivity contribution in [3.63, 3.8) is 0 Å². The first-order valence-corrected chi connectivity index (χ1v) is 10.5. The van der Waals surface area contributed by atoms with Gasteiger partial charge >= 0.3 is 5.63 Å². The maximum absolute atomic E-state index is 12.6. The summed E-state index contributed by atoms with van der Waals surface area (Å²) in [7, 11) is 0. The van der Waals surface area contributed by atoms with Gasteiger partial charge in [0.1, 0.15) is 16.9 Å². The van der Waals surface area contributed by atoms with Gasteiger partial charge in [-0.3, -0.25) is 4.79 Å². The molecule has 156 valence electrons. The number of aryl methyl sites for hydroxylation is 2. The number of benzene rings is 1. The van der Waals surface area contributed by atoms with E-state index in [0.29, 0.717) is 24.1 Å². The lowest BCUT2D eigenvalue weighted by molar-refractivity contribution is -0.121. The van der Waals surface area contributed by atoms with Gasteiger partial charge < -0.3 is 19.2 Å². The quantitative estimate of drug-likeness (QED) is 0.780. The zero-order valence-electron chi connectivity index (χ0n) is 17.4. The van der Waals surface area contributed by atoms with Crippen molar-refractivity contribution in [2.45, 2.75) is 71.0 Å². The molecule has 3 heterocycles. The van der Waals surface area contributed by atoms with Crippen LogP contribution < -0.4 is 15.7 Å². The van der Waals surface area contributed by atoms with Gasteiger partial charge in [0.2, 0.25) is 5.91 Å². The summed E-state index contributed by atoms with van der Waals surface area (Å²) in [6, 6.07) is 3.90. The summed E-state index contributed by atoms with van der Waals surface area (Å²) < 4.78 is 17.2. The fourth-order valence-electron chi connectivity index (χ4n) is 4.18. The van der Waals surface area contributed by atoms with Gasteiger partial charge in [0.25, 0.3) is 0 Å². The molecule has 29 heavy (non-hydrogen) atoms. The molecule has 1 aromatic heterocycles. The molecule has 4 rings (SSSR count). The molecule has 1 aromatic carbocycles. The van der Waals surface area contributed by atoms with E-state index in [4.69, 9.17) is 13.9 Å². The van der Waals surface area contributed by atoms with Crippen LogP contribution in [0.2, 0.25) is 0 Å². The molecule has 1 fully saturated rings. The van der Waals surface area contributed by atoms with Crippen molar-refractivity contribution < 1.29 is 18.7 Å². The Balaban J connectivity index is 1.51. The van der Waals surface area contributed by atoms with Crippen molar-refractivity contribution in [1.82, 2.24) is 5.32 Å². The van der Waals surface area contributed by atoms with Crippen LogP contribution in [0, 0.1) is 6.92 Å². The second-order valence-corrected chi connectivity index (χ2v) is 8.75. The number of nitrogens with one attached hydrogen (secondary N) is 1. The zero-order chi connectivity index (χ0) is 20.6. The first kappa shape index (κ1) is 20.0. The maximum Gasteiger partial charge on any atom is 0.339 e. The van der Waals surface area contributed by atoms with Crippen LogP contribution in [-0.4, -0.2) is 30.8 Å². The topological polar surface area (TPSA) is 77.8 Å². The fourth-order valence-corrected chi connectivity index (χ4v) is 4.18. The lowest BCUT2D eigenvalue weighted by atomic mass is 9.92. The Morgan fingerprint density at radius 3 is 2.90 bits per heavy atom. The second kappa shape index (κ2) is 7.82. The van der Waals surface area contributed by atoms with Crippen LogP contribution in [0.25, 0.3) is 11.0 Å². The Hall–Kier alpha value is -2.34. The van der Waals surface area contributed by atoms with E-state index in [1.807, 2.05) is 13.0 Å². The monoisotopic (exact) mass is 399 g/mol. The van der Waals surface area contributed by atoms with E-state index in [0.717, 1.165) is 54.6 Å². The summed E-state index contributed by atoms with van der Waals surface area (Å²) >= 11 is 0. The minimum Gasteiger partial charge on any atom is -0.487 e. The molecule has 0 aliphatic carbocycles. The van der Waals surface area contributed by atoms with Crippen LogP contribution in [-0.2, 0) is 22.4 Å². The van der Waals surface area contributed by atoms with Crippen molar-refractivity contribution in [3.05, 3.63) is 39.2 Å². The van der Waals surface area contributed by atoms with Crippen molar-refractivity contribution in [3.8, 4) is 5.75 Å². The largest absolute Gasteiger partial charge is 0.487 e. The van der Waals surface area contributed by atoms with Gasteiger partial charge in [-0.1, -0.05) is 0 Å². The molecule has 1 amide bonds. The van der Waals surface area contributed by atoms with Crippen LogP contribution in [0.15, 0.2) is 21.3 Å². The zero-order valence-corrected chi connectivity index (χ0v) is 17.4. The highest BCUT2D eigenvalue weighted by Gasteiger charge is 2.27. The molecule has 6 heteroatoms. The summed E-state index contributed by atoms with van der Waals surface area (Å²) in [6.07, 6.45) is 4.64. The summed E-state index contributed by atoms with van der Waals surface area (Å²) in [6.45, 7) is 7.36. The lowest BCUT2D eigenvalue weighted by Gasteiger charge is -2.32. The minimum absolute atomic E-state index is 0.0690. The number of rotatable bonds is 5. The van der Waals surface area contributed by atoms with E-state index in [-0.39, 0.29) is 29.7 Å². The fraction of sp³-hybridized carbons (Fsp3) is 0.565. The lowest BCUT2D eigenvalue weighted by Crippen LogP contribution is -2.32. The average molecular weight is 399 g/mol. The molecule has 0 spiro atoms.